The van der Waals surface area contributed by atoms with Crippen LogP contribution >= 0.6 is 11.6 Å². The van der Waals surface area contributed by atoms with Crippen molar-refractivity contribution < 1.29 is 0 Å². The SMILES string of the molecule is C/C(=N\N=C(/Cl)c1ccccc1)c1ccccc1. The summed E-state index contributed by atoms with van der Waals surface area (Å²) in [6, 6.07) is 19.5. The van der Waals surface area contributed by atoms with Gasteiger partial charge in [0.15, 0.2) is 5.17 Å². The molecule has 2 aromatic carbocycles. The first-order chi connectivity index (χ1) is 8.77. The van der Waals surface area contributed by atoms with Gasteiger partial charge in [0, 0.05) is 5.56 Å². The van der Waals surface area contributed by atoms with E-state index in [9.17, 15) is 0 Å². The van der Waals surface area contributed by atoms with Gasteiger partial charge in [-0.15, -0.1) is 5.10 Å². The van der Waals surface area contributed by atoms with Gasteiger partial charge in [-0.1, -0.05) is 72.3 Å². The number of hydrogen-bond donors (Lipinski definition) is 0. The van der Waals surface area contributed by atoms with Gasteiger partial charge in [0.05, 0.1) is 5.71 Å². The Morgan fingerprint density at radius 1 is 0.778 bits per heavy atom. The molecule has 0 aliphatic heterocycles. The van der Waals surface area contributed by atoms with Crippen LogP contribution in [0, 0.1) is 0 Å². The van der Waals surface area contributed by atoms with Crippen molar-refractivity contribution in [1.82, 2.24) is 0 Å². The zero-order chi connectivity index (χ0) is 12.8. The van der Waals surface area contributed by atoms with Crippen LogP contribution in [0.5, 0.6) is 0 Å². The minimum absolute atomic E-state index is 0.394. The Hall–Kier alpha value is -1.93. The summed E-state index contributed by atoms with van der Waals surface area (Å²) in [4.78, 5) is 0. The van der Waals surface area contributed by atoms with Gasteiger partial charge in [0.2, 0.25) is 0 Å². The van der Waals surface area contributed by atoms with E-state index >= 15 is 0 Å². The maximum absolute atomic E-state index is 6.08. The quantitative estimate of drug-likeness (QED) is 0.584. The lowest BCUT2D eigenvalue weighted by Gasteiger charge is -1.98. The fraction of sp³-hybridized carbons (Fsp3) is 0.0667. The first-order valence-corrected chi connectivity index (χ1v) is 6.04. The van der Waals surface area contributed by atoms with Gasteiger partial charge in [-0.2, -0.15) is 5.10 Å². The number of nitrogens with zero attached hydrogens (tertiary/aromatic N) is 2. The summed E-state index contributed by atoms with van der Waals surface area (Å²) in [7, 11) is 0. The fourth-order valence-electron chi connectivity index (χ4n) is 1.49. The molecule has 0 N–H and O–H groups in total. The Kier molecular flexibility index (Phi) is 4.26. The molecule has 0 spiro atoms. The summed E-state index contributed by atoms with van der Waals surface area (Å²) in [5, 5.41) is 8.58. The zero-order valence-corrected chi connectivity index (χ0v) is 10.8. The fourth-order valence-corrected chi connectivity index (χ4v) is 1.65. The van der Waals surface area contributed by atoms with Gasteiger partial charge in [0.1, 0.15) is 0 Å². The third kappa shape index (κ3) is 3.28. The van der Waals surface area contributed by atoms with Crippen LogP contribution in [0.25, 0.3) is 0 Å². The summed E-state index contributed by atoms with van der Waals surface area (Å²) in [6.07, 6.45) is 0. The molecule has 0 unspecified atom stereocenters. The van der Waals surface area contributed by atoms with Gasteiger partial charge < -0.3 is 0 Å². The Morgan fingerprint density at radius 2 is 1.28 bits per heavy atom. The molecule has 0 saturated carbocycles. The van der Waals surface area contributed by atoms with Crippen LogP contribution in [0.1, 0.15) is 18.1 Å². The second kappa shape index (κ2) is 6.12. The van der Waals surface area contributed by atoms with E-state index in [4.69, 9.17) is 11.6 Å². The third-order valence-corrected chi connectivity index (χ3v) is 2.79. The van der Waals surface area contributed by atoms with Crippen LogP contribution in [0.3, 0.4) is 0 Å². The number of hydrogen-bond acceptors (Lipinski definition) is 2. The van der Waals surface area contributed by atoms with E-state index in [2.05, 4.69) is 10.2 Å². The average Bonchev–Trinajstić information content (AvgIpc) is 2.46. The molecule has 0 aliphatic carbocycles. The van der Waals surface area contributed by atoms with Crippen molar-refractivity contribution in [2.75, 3.05) is 0 Å². The first-order valence-electron chi connectivity index (χ1n) is 5.66. The predicted molar refractivity (Wildman–Crippen MR) is 77.5 cm³/mol. The molecule has 0 fully saturated rings. The van der Waals surface area contributed by atoms with Gasteiger partial charge in [-0.05, 0) is 12.5 Å². The van der Waals surface area contributed by atoms with Crippen LogP contribution in [-0.2, 0) is 0 Å². The van der Waals surface area contributed by atoms with Crippen molar-refractivity contribution in [1.29, 1.82) is 0 Å². The average molecular weight is 257 g/mol. The molecule has 0 amide bonds. The minimum atomic E-state index is 0.394. The summed E-state index contributed by atoms with van der Waals surface area (Å²) < 4.78 is 0. The van der Waals surface area contributed by atoms with Gasteiger partial charge in [-0.3, -0.25) is 0 Å². The number of rotatable bonds is 3. The van der Waals surface area contributed by atoms with E-state index in [1.807, 2.05) is 67.6 Å². The first kappa shape index (κ1) is 12.5. The third-order valence-electron chi connectivity index (χ3n) is 2.49. The summed E-state index contributed by atoms with van der Waals surface area (Å²) >= 11 is 6.08. The highest BCUT2D eigenvalue weighted by molar-refractivity contribution is 6.69. The molecular formula is C15H13ClN2. The van der Waals surface area contributed by atoms with Gasteiger partial charge in [0.25, 0.3) is 0 Å². The minimum Gasteiger partial charge on any atom is -0.154 e. The van der Waals surface area contributed by atoms with E-state index < -0.39 is 0 Å². The maximum Gasteiger partial charge on any atom is 0.158 e. The zero-order valence-electron chi connectivity index (χ0n) is 10.0. The summed E-state index contributed by atoms with van der Waals surface area (Å²) in [5.41, 5.74) is 2.74. The molecule has 2 rings (SSSR count). The Balaban J connectivity index is 2.20. The van der Waals surface area contributed by atoms with Crippen molar-refractivity contribution in [2.45, 2.75) is 6.92 Å². The molecule has 90 valence electrons. The van der Waals surface area contributed by atoms with E-state index in [0.29, 0.717) is 5.17 Å². The molecule has 0 aliphatic rings. The van der Waals surface area contributed by atoms with E-state index in [1.54, 1.807) is 0 Å². The van der Waals surface area contributed by atoms with Crippen LogP contribution < -0.4 is 0 Å². The molecule has 3 heteroatoms. The van der Waals surface area contributed by atoms with E-state index in [1.165, 1.54) is 0 Å². The molecule has 0 atom stereocenters. The van der Waals surface area contributed by atoms with Crippen molar-refractivity contribution in [3.63, 3.8) is 0 Å². The number of benzene rings is 2. The molecule has 2 aromatic rings. The molecule has 0 radical (unpaired) electrons. The maximum atomic E-state index is 6.08. The predicted octanol–water partition coefficient (Wildman–Crippen LogP) is 4.10. The van der Waals surface area contributed by atoms with Crippen molar-refractivity contribution in [2.24, 2.45) is 10.2 Å². The Bertz CT molecular complexity index is 506. The van der Waals surface area contributed by atoms with E-state index in [0.717, 1.165) is 16.8 Å². The molecular weight excluding hydrogens is 244 g/mol. The molecule has 0 aromatic heterocycles. The summed E-state index contributed by atoms with van der Waals surface area (Å²) in [5.74, 6) is 0. The number of halogens is 1. The lowest BCUT2D eigenvalue weighted by molar-refractivity contribution is 1.23. The highest BCUT2D eigenvalue weighted by atomic mass is 35.5. The van der Waals surface area contributed by atoms with Crippen LogP contribution in [-0.4, -0.2) is 10.9 Å². The molecule has 2 nitrogen and oxygen atoms in total. The lowest BCUT2D eigenvalue weighted by Crippen LogP contribution is -1.94. The van der Waals surface area contributed by atoms with Crippen LogP contribution in [0.2, 0.25) is 0 Å². The largest absolute Gasteiger partial charge is 0.158 e. The monoisotopic (exact) mass is 256 g/mol. The van der Waals surface area contributed by atoms with Crippen LogP contribution in [0.15, 0.2) is 70.9 Å². The Morgan fingerprint density at radius 3 is 1.83 bits per heavy atom. The molecule has 0 heterocycles. The second-order valence-electron chi connectivity index (χ2n) is 3.81. The topological polar surface area (TPSA) is 24.7 Å². The smallest absolute Gasteiger partial charge is 0.154 e. The van der Waals surface area contributed by atoms with Crippen LogP contribution in [0.4, 0.5) is 0 Å². The molecule has 0 bridgehead atoms. The van der Waals surface area contributed by atoms with Gasteiger partial charge >= 0.3 is 0 Å². The highest BCUT2D eigenvalue weighted by Crippen LogP contribution is 2.06. The van der Waals surface area contributed by atoms with Gasteiger partial charge in [-0.25, -0.2) is 0 Å². The normalized spacial score (nSPS) is 12.6. The second-order valence-corrected chi connectivity index (χ2v) is 4.17. The Labute approximate surface area is 112 Å². The molecule has 18 heavy (non-hydrogen) atoms. The summed E-state index contributed by atoms with van der Waals surface area (Å²) in [6.45, 7) is 1.91. The van der Waals surface area contributed by atoms with E-state index in [-0.39, 0.29) is 0 Å². The lowest BCUT2D eigenvalue weighted by atomic mass is 10.1. The highest BCUT2D eigenvalue weighted by Gasteiger charge is 1.98. The van der Waals surface area contributed by atoms with Crippen molar-refractivity contribution >= 4 is 22.5 Å². The molecule has 0 saturated heterocycles. The standard InChI is InChI=1S/C15H13ClN2/c1-12(13-8-4-2-5-9-13)17-18-15(16)14-10-6-3-7-11-14/h2-11H,1H3/b17-12+,18-15-. The van der Waals surface area contributed by atoms with Crippen molar-refractivity contribution in [3.8, 4) is 0 Å². The van der Waals surface area contributed by atoms with Crippen molar-refractivity contribution in [3.05, 3.63) is 71.8 Å².